The predicted molar refractivity (Wildman–Crippen MR) is 84.0 cm³/mol. The third-order valence-corrected chi connectivity index (χ3v) is 3.26. The Hall–Kier alpha value is -2.29. The summed E-state index contributed by atoms with van der Waals surface area (Å²) in [6.07, 6.45) is 2.18. The fourth-order valence-electron chi connectivity index (χ4n) is 2.13. The van der Waals surface area contributed by atoms with Crippen molar-refractivity contribution in [2.75, 3.05) is 11.1 Å². The van der Waals surface area contributed by atoms with Crippen molar-refractivity contribution in [3.05, 3.63) is 59.2 Å². The van der Waals surface area contributed by atoms with Gasteiger partial charge in [-0.15, -0.1) is 0 Å². The van der Waals surface area contributed by atoms with E-state index in [1.807, 2.05) is 37.3 Å². The molecule has 20 heavy (non-hydrogen) atoms. The Morgan fingerprint density at radius 3 is 2.50 bits per heavy atom. The second-order valence-corrected chi connectivity index (χ2v) is 4.98. The van der Waals surface area contributed by atoms with Gasteiger partial charge < -0.3 is 11.1 Å². The predicted octanol–water partition coefficient (Wildman–Crippen LogP) is 3.78. The highest BCUT2D eigenvalue weighted by atomic mass is 16.1. The molecule has 0 radical (unpaired) electrons. The number of hydrogen-bond donors (Lipinski definition) is 2. The van der Waals surface area contributed by atoms with Gasteiger partial charge in [0.15, 0.2) is 0 Å². The summed E-state index contributed by atoms with van der Waals surface area (Å²) in [5.74, 6) is -0.127. The average Bonchev–Trinajstić information content (AvgIpc) is 2.44. The summed E-state index contributed by atoms with van der Waals surface area (Å²) < 4.78 is 0. The lowest BCUT2D eigenvalue weighted by molar-refractivity contribution is 0.102. The van der Waals surface area contributed by atoms with Gasteiger partial charge in [0.05, 0.1) is 0 Å². The minimum Gasteiger partial charge on any atom is -0.399 e. The van der Waals surface area contributed by atoms with Crippen LogP contribution in [0.25, 0.3) is 0 Å². The molecule has 0 spiro atoms. The zero-order valence-corrected chi connectivity index (χ0v) is 11.9. The van der Waals surface area contributed by atoms with Crippen molar-refractivity contribution in [2.24, 2.45) is 0 Å². The molecule has 0 saturated heterocycles. The van der Waals surface area contributed by atoms with Gasteiger partial charge in [-0.1, -0.05) is 31.5 Å². The van der Waals surface area contributed by atoms with Gasteiger partial charge in [-0.2, -0.15) is 0 Å². The lowest BCUT2D eigenvalue weighted by atomic mass is 10.1. The Morgan fingerprint density at radius 2 is 1.85 bits per heavy atom. The van der Waals surface area contributed by atoms with Crippen molar-refractivity contribution in [1.82, 2.24) is 0 Å². The van der Waals surface area contributed by atoms with Crippen LogP contribution in [0.2, 0.25) is 0 Å². The summed E-state index contributed by atoms with van der Waals surface area (Å²) >= 11 is 0. The molecule has 0 aliphatic heterocycles. The van der Waals surface area contributed by atoms with E-state index in [0.717, 1.165) is 24.1 Å². The number of nitrogens with one attached hydrogen (secondary N) is 1. The minimum absolute atomic E-state index is 0.127. The van der Waals surface area contributed by atoms with Gasteiger partial charge in [0.2, 0.25) is 0 Å². The van der Waals surface area contributed by atoms with Gasteiger partial charge in [-0.25, -0.2) is 0 Å². The molecule has 0 saturated carbocycles. The van der Waals surface area contributed by atoms with Crippen LogP contribution in [0.5, 0.6) is 0 Å². The minimum atomic E-state index is -0.127. The zero-order valence-electron chi connectivity index (χ0n) is 11.9. The SMILES string of the molecule is CCCc1ccc(NC(=O)c2cc(N)ccc2C)cc1. The van der Waals surface area contributed by atoms with Gasteiger partial charge in [0.25, 0.3) is 5.91 Å². The standard InChI is InChI=1S/C17H20N2O/c1-3-4-13-6-9-15(10-7-13)19-17(20)16-11-14(18)8-5-12(16)2/h5-11H,3-4,18H2,1-2H3,(H,19,20). The van der Waals surface area contributed by atoms with Crippen molar-refractivity contribution in [3.63, 3.8) is 0 Å². The molecule has 0 unspecified atom stereocenters. The summed E-state index contributed by atoms with van der Waals surface area (Å²) in [6, 6.07) is 13.3. The quantitative estimate of drug-likeness (QED) is 0.829. The smallest absolute Gasteiger partial charge is 0.256 e. The maximum Gasteiger partial charge on any atom is 0.256 e. The van der Waals surface area contributed by atoms with Crippen LogP contribution >= 0.6 is 0 Å². The van der Waals surface area contributed by atoms with Crippen molar-refractivity contribution in [1.29, 1.82) is 0 Å². The number of carbonyl (C=O) groups excluding carboxylic acids is 1. The molecule has 0 bridgehead atoms. The van der Waals surface area contributed by atoms with Gasteiger partial charge in [-0.05, 0) is 48.7 Å². The third kappa shape index (κ3) is 3.38. The van der Waals surface area contributed by atoms with Crippen LogP contribution in [-0.2, 0) is 6.42 Å². The summed E-state index contributed by atoms with van der Waals surface area (Å²) in [7, 11) is 0. The van der Waals surface area contributed by atoms with E-state index in [0.29, 0.717) is 11.3 Å². The topological polar surface area (TPSA) is 55.1 Å². The second-order valence-electron chi connectivity index (χ2n) is 4.98. The van der Waals surface area contributed by atoms with Crippen LogP contribution in [0.3, 0.4) is 0 Å². The molecule has 0 aromatic heterocycles. The van der Waals surface area contributed by atoms with Crippen LogP contribution in [0.1, 0.15) is 34.8 Å². The molecule has 0 heterocycles. The summed E-state index contributed by atoms with van der Waals surface area (Å²) in [6.45, 7) is 4.05. The molecule has 0 aliphatic carbocycles. The van der Waals surface area contributed by atoms with Gasteiger partial charge in [-0.3, -0.25) is 4.79 Å². The zero-order chi connectivity index (χ0) is 14.5. The Kier molecular flexibility index (Phi) is 4.41. The van der Waals surface area contributed by atoms with Crippen molar-refractivity contribution in [3.8, 4) is 0 Å². The Bertz CT molecular complexity index is 603. The molecule has 3 heteroatoms. The van der Waals surface area contributed by atoms with E-state index in [2.05, 4.69) is 12.2 Å². The lowest BCUT2D eigenvalue weighted by Crippen LogP contribution is -2.13. The lowest BCUT2D eigenvalue weighted by Gasteiger charge is -2.09. The van der Waals surface area contributed by atoms with Gasteiger partial charge >= 0.3 is 0 Å². The number of amides is 1. The largest absolute Gasteiger partial charge is 0.399 e. The molecule has 1 amide bonds. The Morgan fingerprint density at radius 1 is 1.15 bits per heavy atom. The highest BCUT2D eigenvalue weighted by molar-refractivity contribution is 6.05. The summed E-state index contributed by atoms with van der Waals surface area (Å²) in [5, 5.41) is 2.90. The molecule has 3 nitrogen and oxygen atoms in total. The number of hydrogen-bond acceptors (Lipinski definition) is 2. The summed E-state index contributed by atoms with van der Waals surface area (Å²) in [4.78, 5) is 12.2. The second kappa shape index (κ2) is 6.24. The average molecular weight is 268 g/mol. The third-order valence-electron chi connectivity index (χ3n) is 3.26. The van der Waals surface area contributed by atoms with E-state index in [-0.39, 0.29) is 5.91 Å². The van der Waals surface area contributed by atoms with E-state index in [1.165, 1.54) is 5.56 Å². The molecule has 104 valence electrons. The molecule has 2 rings (SSSR count). The first-order valence-electron chi connectivity index (χ1n) is 6.86. The summed E-state index contributed by atoms with van der Waals surface area (Å²) in [5.41, 5.74) is 9.94. The first-order chi connectivity index (χ1) is 9.60. The highest BCUT2D eigenvalue weighted by Gasteiger charge is 2.09. The van der Waals surface area contributed by atoms with E-state index >= 15 is 0 Å². The van der Waals surface area contributed by atoms with Gasteiger partial charge in [0, 0.05) is 16.9 Å². The molecule has 2 aromatic rings. The first-order valence-corrected chi connectivity index (χ1v) is 6.86. The van der Waals surface area contributed by atoms with Crippen molar-refractivity contribution >= 4 is 17.3 Å². The van der Waals surface area contributed by atoms with Crippen LogP contribution in [0.4, 0.5) is 11.4 Å². The van der Waals surface area contributed by atoms with E-state index in [1.54, 1.807) is 12.1 Å². The van der Waals surface area contributed by atoms with Crippen LogP contribution < -0.4 is 11.1 Å². The fraction of sp³-hybridized carbons (Fsp3) is 0.235. The monoisotopic (exact) mass is 268 g/mol. The Labute approximate surface area is 119 Å². The fourth-order valence-corrected chi connectivity index (χ4v) is 2.13. The first kappa shape index (κ1) is 14.1. The van der Waals surface area contributed by atoms with Crippen LogP contribution in [0.15, 0.2) is 42.5 Å². The molecule has 0 atom stereocenters. The van der Waals surface area contributed by atoms with Crippen LogP contribution in [0, 0.1) is 6.92 Å². The molecular weight excluding hydrogens is 248 g/mol. The maximum atomic E-state index is 12.2. The Balaban J connectivity index is 2.13. The number of benzene rings is 2. The molecule has 0 aliphatic rings. The number of aryl methyl sites for hydroxylation is 2. The van der Waals surface area contributed by atoms with Crippen LogP contribution in [-0.4, -0.2) is 5.91 Å². The molecule has 2 aromatic carbocycles. The van der Waals surface area contributed by atoms with E-state index in [4.69, 9.17) is 5.73 Å². The highest BCUT2D eigenvalue weighted by Crippen LogP contribution is 2.16. The van der Waals surface area contributed by atoms with Crippen molar-refractivity contribution in [2.45, 2.75) is 26.7 Å². The molecule has 3 N–H and O–H groups in total. The molecule has 0 fully saturated rings. The number of anilines is 2. The van der Waals surface area contributed by atoms with E-state index < -0.39 is 0 Å². The van der Waals surface area contributed by atoms with E-state index in [9.17, 15) is 4.79 Å². The normalized spacial score (nSPS) is 10.3. The molecular formula is C17H20N2O. The number of carbonyl (C=O) groups is 1. The number of rotatable bonds is 4. The maximum absolute atomic E-state index is 12.2. The van der Waals surface area contributed by atoms with Crippen molar-refractivity contribution < 1.29 is 4.79 Å². The van der Waals surface area contributed by atoms with Gasteiger partial charge in [0.1, 0.15) is 0 Å². The number of nitrogen functional groups attached to an aromatic ring is 1. The number of nitrogens with two attached hydrogens (primary N) is 1.